The van der Waals surface area contributed by atoms with Gasteiger partial charge in [-0.1, -0.05) is 6.92 Å². The molecule has 0 saturated carbocycles. The van der Waals surface area contributed by atoms with E-state index in [9.17, 15) is 16.8 Å². The van der Waals surface area contributed by atoms with Gasteiger partial charge in [0.25, 0.3) is 10.0 Å². The number of hydrogen-bond acceptors (Lipinski definition) is 5. The Hall–Kier alpha value is -0.940. The zero-order valence-corrected chi connectivity index (χ0v) is 18.1. The Labute approximate surface area is 166 Å². The van der Waals surface area contributed by atoms with Gasteiger partial charge in [-0.25, -0.2) is 16.8 Å². The summed E-state index contributed by atoms with van der Waals surface area (Å²) in [7, 11) is -7.24. The summed E-state index contributed by atoms with van der Waals surface area (Å²) >= 11 is 4.34. The van der Waals surface area contributed by atoms with Crippen LogP contribution in [0.3, 0.4) is 0 Å². The molecule has 2 heterocycles. The molecule has 1 aromatic carbocycles. The van der Waals surface area contributed by atoms with E-state index in [4.69, 9.17) is 0 Å². The first kappa shape index (κ1) is 19.8. The molecule has 0 spiro atoms. The maximum atomic E-state index is 12.7. The lowest BCUT2D eigenvalue weighted by atomic mass is 10.0. The van der Waals surface area contributed by atoms with Crippen molar-refractivity contribution in [1.82, 2.24) is 4.31 Å². The van der Waals surface area contributed by atoms with E-state index in [1.165, 1.54) is 34.6 Å². The average molecular weight is 479 g/mol. The number of thiophene rings is 1. The molecular formula is C16H19BrN2O4S3. The highest BCUT2D eigenvalue weighted by molar-refractivity contribution is 9.11. The number of benzene rings is 1. The summed E-state index contributed by atoms with van der Waals surface area (Å²) in [5, 5.41) is 0. The molecule has 1 saturated heterocycles. The molecular weight excluding hydrogens is 460 g/mol. The van der Waals surface area contributed by atoms with Gasteiger partial charge < -0.3 is 0 Å². The first-order valence-corrected chi connectivity index (χ1v) is 12.6. The van der Waals surface area contributed by atoms with E-state index in [1.54, 1.807) is 6.07 Å². The van der Waals surface area contributed by atoms with E-state index in [1.807, 2.05) is 6.92 Å². The number of piperidine rings is 1. The second kappa shape index (κ2) is 7.59. The number of nitrogens with one attached hydrogen (secondary N) is 1. The molecule has 26 heavy (non-hydrogen) atoms. The number of hydrogen-bond donors (Lipinski definition) is 1. The predicted octanol–water partition coefficient (Wildman–Crippen LogP) is 3.73. The molecule has 6 nitrogen and oxygen atoms in total. The average Bonchev–Trinajstić information content (AvgIpc) is 3.02. The largest absolute Gasteiger partial charge is 0.279 e. The third-order valence-electron chi connectivity index (χ3n) is 4.18. The Morgan fingerprint density at radius 1 is 1.12 bits per heavy atom. The van der Waals surface area contributed by atoms with E-state index in [0.717, 1.165) is 28.0 Å². The third kappa shape index (κ3) is 4.30. The van der Waals surface area contributed by atoms with Gasteiger partial charge in [-0.05, 0) is 71.1 Å². The SMILES string of the molecule is CC1CCCN(S(=O)(=O)c2ccc(NS(=O)(=O)c3ccc(Br)s3)cc2)C1. The van der Waals surface area contributed by atoms with Crippen LogP contribution in [-0.4, -0.2) is 34.2 Å². The van der Waals surface area contributed by atoms with Crippen molar-refractivity contribution in [2.24, 2.45) is 5.92 Å². The van der Waals surface area contributed by atoms with Gasteiger partial charge in [0, 0.05) is 18.8 Å². The van der Waals surface area contributed by atoms with Crippen molar-refractivity contribution in [2.45, 2.75) is 28.9 Å². The summed E-state index contributed by atoms with van der Waals surface area (Å²) in [6, 6.07) is 9.00. The first-order chi connectivity index (χ1) is 12.2. The molecule has 0 aliphatic carbocycles. The minimum absolute atomic E-state index is 0.174. The van der Waals surface area contributed by atoms with Crippen LogP contribution in [-0.2, 0) is 20.0 Å². The number of sulfonamides is 2. The highest BCUT2D eigenvalue weighted by atomic mass is 79.9. The molecule has 1 atom stereocenters. The quantitative estimate of drug-likeness (QED) is 0.709. The van der Waals surface area contributed by atoms with E-state index < -0.39 is 20.0 Å². The second-order valence-corrected chi connectivity index (χ2v) is 12.6. The molecule has 0 amide bonds. The van der Waals surface area contributed by atoms with Crippen LogP contribution < -0.4 is 4.72 Å². The fourth-order valence-electron chi connectivity index (χ4n) is 2.86. The molecule has 1 aliphatic rings. The molecule has 0 radical (unpaired) electrons. The maximum Gasteiger partial charge on any atom is 0.271 e. The fraction of sp³-hybridized carbons (Fsp3) is 0.375. The van der Waals surface area contributed by atoms with Gasteiger partial charge in [0.05, 0.1) is 8.68 Å². The van der Waals surface area contributed by atoms with Crippen LogP contribution >= 0.6 is 27.3 Å². The summed E-state index contributed by atoms with van der Waals surface area (Å²) < 4.78 is 55.0. The minimum Gasteiger partial charge on any atom is -0.279 e. The van der Waals surface area contributed by atoms with Gasteiger partial charge in [0.1, 0.15) is 4.21 Å². The van der Waals surface area contributed by atoms with E-state index in [-0.39, 0.29) is 9.10 Å². The van der Waals surface area contributed by atoms with Crippen LogP contribution in [0.25, 0.3) is 0 Å². The van der Waals surface area contributed by atoms with Gasteiger partial charge in [-0.15, -0.1) is 11.3 Å². The molecule has 1 aromatic heterocycles. The van der Waals surface area contributed by atoms with Crippen LogP contribution in [0.4, 0.5) is 5.69 Å². The summed E-state index contributed by atoms with van der Waals surface area (Å²) in [6.45, 7) is 3.08. The molecule has 142 valence electrons. The lowest BCUT2D eigenvalue weighted by Gasteiger charge is -2.30. The molecule has 1 aliphatic heterocycles. The summed E-state index contributed by atoms with van der Waals surface area (Å²) in [5.74, 6) is 0.342. The van der Waals surface area contributed by atoms with Gasteiger partial charge >= 0.3 is 0 Å². The maximum absolute atomic E-state index is 12.7. The molecule has 10 heteroatoms. The summed E-state index contributed by atoms with van der Waals surface area (Å²) in [6.07, 6.45) is 1.89. The molecule has 1 fully saturated rings. The van der Waals surface area contributed by atoms with Gasteiger partial charge in [0.2, 0.25) is 10.0 Å². The smallest absolute Gasteiger partial charge is 0.271 e. The van der Waals surface area contributed by atoms with Crippen molar-refractivity contribution in [3.8, 4) is 0 Å². The zero-order valence-electron chi connectivity index (χ0n) is 14.1. The van der Waals surface area contributed by atoms with Gasteiger partial charge in [-0.2, -0.15) is 4.31 Å². The second-order valence-electron chi connectivity index (χ2n) is 6.30. The first-order valence-electron chi connectivity index (χ1n) is 8.07. The number of rotatable bonds is 5. The standard InChI is InChI=1S/C16H19BrN2O4S3/c1-12-3-2-10-19(11-12)26(22,23)14-6-4-13(5-7-14)18-25(20,21)16-9-8-15(17)24-16/h4-9,12,18H,2-3,10-11H2,1H3. The lowest BCUT2D eigenvalue weighted by Crippen LogP contribution is -2.39. The van der Waals surface area contributed by atoms with Crippen LogP contribution in [0.5, 0.6) is 0 Å². The zero-order chi connectivity index (χ0) is 18.9. The Morgan fingerprint density at radius 3 is 2.38 bits per heavy atom. The molecule has 3 rings (SSSR count). The minimum atomic E-state index is -3.69. The summed E-state index contributed by atoms with van der Waals surface area (Å²) in [5.41, 5.74) is 0.320. The Balaban J connectivity index is 1.78. The molecule has 0 bridgehead atoms. The number of nitrogens with zero attached hydrogens (tertiary/aromatic N) is 1. The monoisotopic (exact) mass is 478 g/mol. The molecule has 2 aromatic rings. The van der Waals surface area contributed by atoms with Crippen molar-refractivity contribution in [3.05, 3.63) is 40.2 Å². The number of halogens is 1. The van der Waals surface area contributed by atoms with Crippen molar-refractivity contribution in [2.75, 3.05) is 17.8 Å². The van der Waals surface area contributed by atoms with Crippen LogP contribution in [0, 0.1) is 5.92 Å². The Bertz CT molecular complexity index is 985. The van der Waals surface area contributed by atoms with Gasteiger partial charge in [0.15, 0.2) is 0 Å². The van der Waals surface area contributed by atoms with Gasteiger partial charge in [-0.3, -0.25) is 4.72 Å². The highest BCUT2D eigenvalue weighted by Gasteiger charge is 2.28. The molecule has 1 N–H and O–H groups in total. The molecule has 1 unspecified atom stereocenters. The third-order valence-corrected chi connectivity index (χ3v) is 9.55. The van der Waals surface area contributed by atoms with E-state index >= 15 is 0 Å². The number of anilines is 1. The van der Waals surface area contributed by atoms with Crippen molar-refractivity contribution >= 4 is 53.0 Å². The van der Waals surface area contributed by atoms with E-state index in [0.29, 0.717) is 24.7 Å². The van der Waals surface area contributed by atoms with Crippen LogP contribution in [0.2, 0.25) is 0 Å². The van der Waals surface area contributed by atoms with E-state index in [2.05, 4.69) is 20.7 Å². The topological polar surface area (TPSA) is 83.6 Å². The lowest BCUT2D eigenvalue weighted by molar-refractivity contribution is 0.281. The van der Waals surface area contributed by atoms with Crippen LogP contribution in [0.1, 0.15) is 19.8 Å². The predicted molar refractivity (Wildman–Crippen MR) is 106 cm³/mol. The highest BCUT2D eigenvalue weighted by Crippen LogP contribution is 2.28. The van der Waals surface area contributed by atoms with Crippen molar-refractivity contribution in [3.63, 3.8) is 0 Å². The Kier molecular flexibility index (Phi) is 5.78. The Morgan fingerprint density at radius 2 is 1.81 bits per heavy atom. The summed E-state index contributed by atoms with van der Waals surface area (Å²) in [4.78, 5) is 0.174. The fourth-order valence-corrected chi connectivity index (χ4v) is 7.52. The van der Waals surface area contributed by atoms with Crippen LogP contribution in [0.15, 0.2) is 49.3 Å². The normalized spacial score (nSPS) is 19.4. The van der Waals surface area contributed by atoms with Crippen molar-refractivity contribution in [1.29, 1.82) is 0 Å². The van der Waals surface area contributed by atoms with Crippen molar-refractivity contribution < 1.29 is 16.8 Å².